The summed E-state index contributed by atoms with van der Waals surface area (Å²) in [6, 6.07) is 0.265. The molecule has 0 aliphatic heterocycles. The van der Waals surface area contributed by atoms with Gasteiger partial charge in [0.1, 0.15) is 0 Å². The standard InChI is InChI=1S/C19H8Br2F12O/c20-5-9-11(16(22,23)24)3-1-7(13(9)18(28,29)30)15(34)8-2-4-12(17(25,26)27)10(6-21)14(8)19(31,32)33/h1-4H,5-6H2. The molecule has 0 aliphatic rings. The molecule has 0 atom stereocenters. The van der Waals surface area contributed by atoms with E-state index in [1.165, 1.54) is 0 Å². The van der Waals surface area contributed by atoms with Crippen molar-refractivity contribution in [3.63, 3.8) is 0 Å². The predicted molar refractivity (Wildman–Crippen MR) is 102 cm³/mol. The zero-order valence-electron chi connectivity index (χ0n) is 15.9. The summed E-state index contributed by atoms with van der Waals surface area (Å²) in [7, 11) is 0. The molecule has 2 rings (SSSR count). The number of alkyl halides is 14. The highest BCUT2D eigenvalue weighted by Crippen LogP contribution is 2.46. The molecule has 0 spiro atoms. The maximum atomic E-state index is 13.7. The first-order chi connectivity index (χ1) is 15.3. The van der Waals surface area contributed by atoms with Crippen molar-refractivity contribution in [2.45, 2.75) is 35.4 Å². The first kappa shape index (κ1) is 28.5. The van der Waals surface area contributed by atoms with Gasteiger partial charge in [-0.2, -0.15) is 52.7 Å². The fraction of sp³-hybridized carbons (Fsp3) is 0.316. The van der Waals surface area contributed by atoms with E-state index in [1.54, 1.807) is 0 Å². The fourth-order valence-corrected chi connectivity index (χ4v) is 4.44. The average Bonchev–Trinajstić information content (AvgIpc) is 2.67. The van der Waals surface area contributed by atoms with Gasteiger partial charge in [0.25, 0.3) is 0 Å². The molecule has 0 fully saturated rings. The molecular weight excluding hydrogens is 632 g/mol. The fourth-order valence-electron chi connectivity index (χ4n) is 3.28. The Kier molecular flexibility index (Phi) is 7.83. The number of halogens is 14. The van der Waals surface area contributed by atoms with Crippen LogP contribution in [0.25, 0.3) is 0 Å². The van der Waals surface area contributed by atoms with Gasteiger partial charge in [0.15, 0.2) is 5.78 Å². The van der Waals surface area contributed by atoms with Gasteiger partial charge in [-0.05, 0) is 35.4 Å². The van der Waals surface area contributed by atoms with Crippen molar-refractivity contribution in [1.82, 2.24) is 0 Å². The minimum Gasteiger partial charge on any atom is -0.289 e. The van der Waals surface area contributed by atoms with Gasteiger partial charge in [0.05, 0.1) is 22.3 Å². The van der Waals surface area contributed by atoms with Crippen LogP contribution in [-0.2, 0) is 35.4 Å². The Morgan fingerprint density at radius 3 is 1.06 bits per heavy atom. The van der Waals surface area contributed by atoms with Crippen LogP contribution in [-0.4, -0.2) is 5.78 Å². The van der Waals surface area contributed by atoms with Gasteiger partial charge < -0.3 is 0 Å². The Balaban J connectivity index is 2.98. The first-order valence-electron chi connectivity index (χ1n) is 8.53. The third kappa shape index (κ3) is 5.55. The number of benzene rings is 2. The third-order valence-corrected chi connectivity index (χ3v) is 5.68. The number of rotatable bonds is 4. The molecular formula is C19H8Br2F12O. The predicted octanol–water partition coefficient (Wildman–Crippen LogP) is 8.78. The average molecular weight is 640 g/mol. The quantitative estimate of drug-likeness (QED) is 0.186. The highest BCUT2D eigenvalue weighted by Gasteiger charge is 2.46. The molecule has 0 aromatic heterocycles. The minimum atomic E-state index is -5.63. The van der Waals surface area contributed by atoms with Crippen LogP contribution in [0.4, 0.5) is 52.7 Å². The van der Waals surface area contributed by atoms with E-state index in [1.807, 2.05) is 0 Å². The maximum absolute atomic E-state index is 13.7. The summed E-state index contributed by atoms with van der Waals surface area (Å²) in [5.74, 6) is -2.05. The van der Waals surface area contributed by atoms with Crippen molar-refractivity contribution in [1.29, 1.82) is 0 Å². The molecule has 0 saturated heterocycles. The smallest absolute Gasteiger partial charge is 0.289 e. The molecule has 0 bridgehead atoms. The number of carbonyl (C=O) groups excluding carboxylic acids is 1. The maximum Gasteiger partial charge on any atom is 0.417 e. The molecule has 2 aromatic rings. The minimum absolute atomic E-state index is 0.0474. The monoisotopic (exact) mass is 638 g/mol. The summed E-state index contributed by atoms with van der Waals surface area (Å²) in [5.41, 5.74) is -14.0. The molecule has 0 saturated carbocycles. The Morgan fingerprint density at radius 1 is 0.559 bits per heavy atom. The van der Waals surface area contributed by atoms with Gasteiger partial charge in [-0.3, -0.25) is 4.79 Å². The molecule has 2 aromatic carbocycles. The van der Waals surface area contributed by atoms with E-state index in [4.69, 9.17) is 0 Å². The topological polar surface area (TPSA) is 17.1 Å². The second kappa shape index (κ2) is 9.36. The van der Waals surface area contributed by atoms with Crippen molar-refractivity contribution < 1.29 is 57.5 Å². The molecule has 0 amide bonds. The number of ketones is 1. The molecule has 0 aliphatic carbocycles. The van der Waals surface area contributed by atoms with Crippen molar-refractivity contribution >= 4 is 37.6 Å². The molecule has 0 unspecified atom stereocenters. The van der Waals surface area contributed by atoms with Crippen LogP contribution in [0.2, 0.25) is 0 Å². The lowest BCUT2D eigenvalue weighted by Gasteiger charge is -2.23. The lowest BCUT2D eigenvalue weighted by atomic mass is 9.87. The summed E-state index contributed by atoms with van der Waals surface area (Å²) in [6.45, 7) is 0. The zero-order valence-corrected chi connectivity index (χ0v) is 19.1. The molecule has 0 N–H and O–H groups in total. The Labute approximate surface area is 199 Å². The van der Waals surface area contributed by atoms with Crippen molar-refractivity contribution in [3.05, 3.63) is 68.8 Å². The highest BCUT2D eigenvalue weighted by molar-refractivity contribution is 9.08. The Bertz CT molecular complexity index is 1010. The molecule has 0 heterocycles. The van der Waals surface area contributed by atoms with Crippen LogP contribution in [0.5, 0.6) is 0 Å². The molecule has 0 radical (unpaired) electrons. The van der Waals surface area contributed by atoms with E-state index >= 15 is 0 Å². The van der Waals surface area contributed by atoms with E-state index < -0.39 is 85.7 Å². The normalized spacial score (nSPS) is 13.4. The summed E-state index contributed by atoms with van der Waals surface area (Å²) >= 11 is 4.92. The van der Waals surface area contributed by atoms with Crippen LogP contribution >= 0.6 is 31.9 Å². The summed E-state index contributed by atoms with van der Waals surface area (Å²) in [5, 5.41) is -2.16. The van der Waals surface area contributed by atoms with Crippen LogP contribution < -0.4 is 0 Å². The molecule has 15 heteroatoms. The SMILES string of the molecule is O=C(c1ccc(C(F)(F)F)c(CBr)c1C(F)(F)F)c1ccc(C(F)(F)F)c(CBr)c1C(F)(F)F. The largest absolute Gasteiger partial charge is 0.417 e. The number of hydrogen-bond donors (Lipinski definition) is 0. The van der Waals surface area contributed by atoms with E-state index in [-0.39, 0.29) is 24.3 Å². The van der Waals surface area contributed by atoms with Crippen LogP contribution in [0.3, 0.4) is 0 Å². The second-order valence-electron chi connectivity index (χ2n) is 6.62. The van der Waals surface area contributed by atoms with Gasteiger partial charge in [-0.25, -0.2) is 0 Å². The summed E-state index contributed by atoms with van der Waals surface area (Å²) in [6.07, 6.45) is -21.9. The van der Waals surface area contributed by atoms with Crippen molar-refractivity contribution in [2.24, 2.45) is 0 Å². The van der Waals surface area contributed by atoms with Gasteiger partial charge in [-0.15, -0.1) is 0 Å². The van der Waals surface area contributed by atoms with Crippen LogP contribution in [0.15, 0.2) is 24.3 Å². The van der Waals surface area contributed by atoms with Gasteiger partial charge in [0.2, 0.25) is 0 Å². The van der Waals surface area contributed by atoms with Gasteiger partial charge >= 0.3 is 24.7 Å². The van der Waals surface area contributed by atoms with Crippen molar-refractivity contribution in [3.8, 4) is 0 Å². The zero-order chi connectivity index (χ0) is 26.4. The van der Waals surface area contributed by atoms with Gasteiger partial charge in [0, 0.05) is 21.8 Å². The first-order valence-corrected chi connectivity index (χ1v) is 10.8. The molecule has 188 valence electrons. The Morgan fingerprint density at radius 2 is 0.853 bits per heavy atom. The summed E-state index contributed by atoms with van der Waals surface area (Å²) < 4.78 is 162. The van der Waals surface area contributed by atoms with E-state index in [0.717, 1.165) is 0 Å². The third-order valence-electron chi connectivity index (χ3n) is 4.56. The van der Waals surface area contributed by atoms with Crippen LogP contribution in [0, 0.1) is 0 Å². The lowest BCUT2D eigenvalue weighted by Crippen LogP contribution is -2.24. The van der Waals surface area contributed by atoms with E-state index in [0.29, 0.717) is 0 Å². The Hall–Kier alpha value is -1.77. The lowest BCUT2D eigenvalue weighted by molar-refractivity contribution is -0.145. The second-order valence-corrected chi connectivity index (χ2v) is 7.74. The molecule has 1 nitrogen and oxygen atoms in total. The van der Waals surface area contributed by atoms with Crippen molar-refractivity contribution in [2.75, 3.05) is 0 Å². The number of hydrogen-bond acceptors (Lipinski definition) is 1. The van der Waals surface area contributed by atoms with E-state index in [2.05, 4.69) is 31.9 Å². The summed E-state index contributed by atoms with van der Waals surface area (Å²) in [4.78, 5) is 12.8. The molecule has 34 heavy (non-hydrogen) atoms. The number of carbonyl (C=O) groups is 1. The van der Waals surface area contributed by atoms with Gasteiger partial charge in [-0.1, -0.05) is 31.9 Å². The highest BCUT2D eigenvalue weighted by atomic mass is 79.9. The van der Waals surface area contributed by atoms with Crippen LogP contribution in [0.1, 0.15) is 49.3 Å². The van der Waals surface area contributed by atoms with E-state index in [9.17, 15) is 57.5 Å².